The molecule has 0 radical (unpaired) electrons. The molecule has 7 nitrogen and oxygen atoms in total. The van der Waals surface area contributed by atoms with Crippen molar-refractivity contribution in [2.45, 2.75) is 27.2 Å². The highest BCUT2D eigenvalue weighted by molar-refractivity contribution is 6.05. The first-order chi connectivity index (χ1) is 15.0. The third-order valence-corrected chi connectivity index (χ3v) is 5.11. The molecule has 0 aliphatic carbocycles. The summed E-state index contributed by atoms with van der Waals surface area (Å²) in [5.74, 6) is 0.220. The Balaban J connectivity index is 1.63. The van der Waals surface area contributed by atoms with Crippen LogP contribution >= 0.6 is 0 Å². The number of hydrogen-bond acceptors (Lipinski definition) is 4. The van der Waals surface area contributed by atoms with Crippen LogP contribution in [0, 0.1) is 6.92 Å². The number of para-hydroxylation sites is 1. The maximum Gasteiger partial charge on any atom is 0.259 e. The number of fused-ring (bicyclic) bond motifs is 1. The molecule has 4 rings (SSSR count). The smallest absolute Gasteiger partial charge is 0.259 e. The lowest BCUT2D eigenvalue weighted by atomic mass is 10.1. The highest BCUT2D eigenvalue weighted by Gasteiger charge is 2.17. The third kappa shape index (κ3) is 4.16. The van der Waals surface area contributed by atoms with Crippen LogP contribution in [0.2, 0.25) is 0 Å². The Morgan fingerprint density at radius 3 is 2.61 bits per heavy atom. The second-order valence-corrected chi connectivity index (χ2v) is 7.28. The minimum absolute atomic E-state index is 0.165. The predicted molar refractivity (Wildman–Crippen MR) is 122 cm³/mol. The fraction of sp³-hybridized carbons (Fsp3) is 0.167. The van der Waals surface area contributed by atoms with E-state index < -0.39 is 0 Å². The number of amides is 2. The van der Waals surface area contributed by atoms with E-state index in [0.29, 0.717) is 28.5 Å². The SMILES string of the molecule is CCc1ccc(NC(C)=O)cc1NC(=O)c1cnn(-c2ccc3ccccc3n2)c1C. The van der Waals surface area contributed by atoms with E-state index in [9.17, 15) is 9.59 Å². The second-order valence-electron chi connectivity index (χ2n) is 7.28. The molecule has 2 amide bonds. The second kappa shape index (κ2) is 8.39. The molecule has 0 fully saturated rings. The zero-order chi connectivity index (χ0) is 22.0. The molecule has 31 heavy (non-hydrogen) atoms. The van der Waals surface area contributed by atoms with Gasteiger partial charge in [0.05, 0.1) is 23.0 Å². The summed E-state index contributed by atoms with van der Waals surface area (Å²) >= 11 is 0. The Morgan fingerprint density at radius 2 is 1.84 bits per heavy atom. The van der Waals surface area contributed by atoms with Gasteiger partial charge in [-0.2, -0.15) is 5.10 Å². The highest BCUT2D eigenvalue weighted by atomic mass is 16.2. The van der Waals surface area contributed by atoms with Crippen LogP contribution in [0.4, 0.5) is 11.4 Å². The maximum atomic E-state index is 13.0. The lowest BCUT2D eigenvalue weighted by Gasteiger charge is -2.12. The number of hydrogen-bond donors (Lipinski definition) is 2. The first kappa shape index (κ1) is 20.3. The van der Waals surface area contributed by atoms with Crippen molar-refractivity contribution >= 4 is 34.1 Å². The molecule has 0 saturated carbocycles. The van der Waals surface area contributed by atoms with Crippen LogP contribution in [0.3, 0.4) is 0 Å². The molecular formula is C24H23N5O2. The molecule has 4 aromatic rings. The number of carbonyl (C=O) groups is 2. The van der Waals surface area contributed by atoms with Gasteiger partial charge in [0.25, 0.3) is 5.91 Å². The molecule has 7 heteroatoms. The van der Waals surface area contributed by atoms with Crippen molar-refractivity contribution < 1.29 is 9.59 Å². The van der Waals surface area contributed by atoms with Crippen LogP contribution in [0.5, 0.6) is 0 Å². The van der Waals surface area contributed by atoms with Crippen LogP contribution in [-0.4, -0.2) is 26.6 Å². The van der Waals surface area contributed by atoms with Gasteiger partial charge in [-0.15, -0.1) is 0 Å². The normalized spacial score (nSPS) is 10.8. The molecule has 2 N–H and O–H groups in total. The van der Waals surface area contributed by atoms with Gasteiger partial charge in [0, 0.05) is 23.7 Å². The molecule has 0 bridgehead atoms. The molecule has 2 aromatic carbocycles. The summed E-state index contributed by atoms with van der Waals surface area (Å²) in [5, 5.41) is 11.1. The number of aromatic nitrogens is 3. The molecule has 0 aliphatic rings. The molecule has 0 saturated heterocycles. The Kier molecular flexibility index (Phi) is 5.49. The first-order valence-electron chi connectivity index (χ1n) is 10.1. The molecule has 0 aliphatic heterocycles. The number of benzene rings is 2. The summed E-state index contributed by atoms with van der Waals surface area (Å²) in [6, 6.07) is 17.2. The van der Waals surface area contributed by atoms with Gasteiger partial charge >= 0.3 is 0 Å². The molecule has 156 valence electrons. The van der Waals surface area contributed by atoms with Gasteiger partial charge in [-0.25, -0.2) is 9.67 Å². The van der Waals surface area contributed by atoms with Crippen LogP contribution in [0.1, 0.15) is 35.5 Å². The Morgan fingerprint density at radius 1 is 1.03 bits per heavy atom. The topological polar surface area (TPSA) is 88.9 Å². The van der Waals surface area contributed by atoms with Crippen molar-refractivity contribution in [1.82, 2.24) is 14.8 Å². The Bertz CT molecular complexity index is 1290. The van der Waals surface area contributed by atoms with Crippen LogP contribution in [0.25, 0.3) is 16.7 Å². The van der Waals surface area contributed by atoms with Gasteiger partial charge in [-0.3, -0.25) is 9.59 Å². The number of aryl methyl sites for hydroxylation is 1. The van der Waals surface area contributed by atoms with E-state index in [1.807, 2.05) is 62.4 Å². The number of anilines is 2. The first-order valence-corrected chi connectivity index (χ1v) is 10.1. The fourth-order valence-electron chi connectivity index (χ4n) is 3.51. The van der Waals surface area contributed by atoms with Crippen molar-refractivity contribution in [1.29, 1.82) is 0 Å². The predicted octanol–water partition coefficient (Wildman–Crippen LogP) is 4.50. The van der Waals surface area contributed by atoms with Crippen molar-refractivity contribution in [3.63, 3.8) is 0 Å². The van der Waals surface area contributed by atoms with E-state index in [2.05, 4.69) is 20.7 Å². The summed E-state index contributed by atoms with van der Waals surface area (Å²) in [7, 11) is 0. The Labute approximate surface area is 180 Å². The molecule has 0 spiro atoms. The van der Waals surface area contributed by atoms with E-state index >= 15 is 0 Å². The van der Waals surface area contributed by atoms with E-state index in [1.165, 1.54) is 6.92 Å². The summed E-state index contributed by atoms with van der Waals surface area (Å²) in [4.78, 5) is 29.1. The summed E-state index contributed by atoms with van der Waals surface area (Å²) in [6.07, 6.45) is 2.29. The summed E-state index contributed by atoms with van der Waals surface area (Å²) in [6.45, 7) is 5.30. The van der Waals surface area contributed by atoms with E-state index in [0.717, 1.165) is 22.9 Å². The van der Waals surface area contributed by atoms with Gasteiger partial charge in [0.15, 0.2) is 5.82 Å². The largest absolute Gasteiger partial charge is 0.326 e. The van der Waals surface area contributed by atoms with Gasteiger partial charge in [0.1, 0.15) is 0 Å². The molecule has 0 unspecified atom stereocenters. The third-order valence-electron chi connectivity index (χ3n) is 5.11. The van der Waals surface area contributed by atoms with E-state index in [4.69, 9.17) is 0 Å². The average Bonchev–Trinajstić information content (AvgIpc) is 3.14. The molecule has 2 aromatic heterocycles. The van der Waals surface area contributed by atoms with Crippen molar-refractivity contribution in [2.75, 3.05) is 10.6 Å². The standard InChI is InChI=1S/C24H23N5O2/c1-4-17-9-11-19(26-16(3)30)13-22(17)28-24(31)20-14-25-29(15(20)2)23-12-10-18-7-5-6-8-21(18)27-23/h5-14H,4H2,1-3H3,(H,26,30)(H,28,31). The number of pyridine rings is 1. The number of rotatable bonds is 5. The maximum absolute atomic E-state index is 13.0. The summed E-state index contributed by atoms with van der Waals surface area (Å²) in [5.41, 5.74) is 4.28. The van der Waals surface area contributed by atoms with Gasteiger partial charge in [-0.05, 0) is 49.2 Å². The lowest BCUT2D eigenvalue weighted by molar-refractivity contribution is -0.114. The van der Waals surface area contributed by atoms with Gasteiger partial charge in [-0.1, -0.05) is 31.2 Å². The van der Waals surface area contributed by atoms with Crippen molar-refractivity contribution in [3.8, 4) is 5.82 Å². The highest BCUT2D eigenvalue weighted by Crippen LogP contribution is 2.24. The summed E-state index contributed by atoms with van der Waals surface area (Å²) < 4.78 is 1.66. The van der Waals surface area contributed by atoms with Gasteiger partial charge in [0.2, 0.25) is 5.91 Å². The van der Waals surface area contributed by atoms with E-state index in [-0.39, 0.29) is 11.8 Å². The monoisotopic (exact) mass is 413 g/mol. The number of carbonyl (C=O) groups excluding carboxylic acids is 2. The van der Waals surface area contributed by atoms with Crippen LogP contribution < -0.4 is 10.6 Å². The number of nitrogens with zero attached hydrogens (tertiary/aromatic N) is 3. The quantitative estimate of drug-likeness (QED) is 0.504. The van der Waals surface area contributed by atoms with Crippen LogP contribution in [-0.2, 0) is 11.2 Å². The zero-order valence-electron chi connectivity index (χ0n) is 17.6. The molecule has 2 heterocycles. The lowest BCUT2D eigenvalue weighted by Crippen LogP contribution is -2.15. The van der Waals surface area contributed by atoms with Crippen molar-refractivity contribution in [2.24, 2.45) is 0 Å². The minimum Gasteiger partial charge on any atom is -0.326 e. The van der Waals surface area contributed by atoms with Gasteiger partial charge < -0.3 is 10.6 Å². The zero-order valence-corrected chi connectivity index (χ0v) is 17.6. The average molecular weight is 413 g/mol. The Hall–Kier alpha value is -4.00. The molecule has 0 atom stereocenters. The van der Waals surface area contributed by atoms with E-state index in [1.54, 1.807) is 16.9 Å². The van der Waals surface area contributed by atoms with Crippen LogP contribution in [0.15, 0.2) is 60.8 Å². The minimum atomic E-state index is -0.265. The van der Waals surface area contributed by atoms with Crippen molar-refractivity contribution in [3.05, 3.63) is 77.6 Å². The number of nitrogens with one attached hydrogen (secondary N) is 2. The fourth-order valence-corrected chi connectivity index (χ4v) is 3.51. The molecular weight excluding hydrogens is 390 g/mol.